The van der Waals surface area contributed by atoms with Gasteiger partial charge in [-0.25, -0.2) is 0 Å². The first-order chi connectivity index (χ1) is 8.15. The van der Waals surface area contributed by atoms with E-state index in [4.69, 9.17) is 4.74 Å². The van der Waals surface area contributed by atoms with Crippen molar-refractivity contribution in [2.45, 2.75) is 13.3 Å². The Morgan fingerprint density at radius 1 is 1.41 bits per heavy atom. The van der Waals surface area contributed by atoms with Gasteiger partial charge in [0.25, 0.3) is 0 Å². The highest BCUT2D eigenvalue weighted by molar-refractivity contribution is 9.10. The standard InChI is InChI=1S/C12H17BrN2O2/c1-3-4-14-8-12(16)15-10-5-9(13)6-11(7-10)17-2/h5-7,14H,3-4,8H2,1-2H3,(H,15,16). The summed E-state index contributed by atoms with van der Waals surface area (Å²) < 4.78 is 5.99. The maximum absolute atomic E-state index is 11.6. The Morgan fingerprint density at radius 3 is 2.82 bits per heavy atom. The minimum absolute atomic E-state index is 0.0568. The van der Waals surface area contributed by atoms with Gasteiger partial charge >= 0.3 is 0 Å². The second-order valence-electron chi connectivity index (χ2n) is 3.60. The number of ether oxygens (including phenoxy) is 1. The van der Waals surface area contributed by atoms with Crippen LogP contribution in [0.5, 0.6) is 5.75 Å². The fourth-order valence-corrected chi connectivity index (χ4v) is 1.81. The molecular weight excluding hydrogens is 284 g/mol. The predicted molar refractivity (Wildman–Crippen MR) is 72.5 cm³/mol. The Hall–Kier alpha value is -1.07. The van der Waals surface area contributed by atoms with Crippen LogP contribution in [0.15, 0.2) is 22.7 Å². The molecule has 1 aromatic carbocycles. The Labute approximate surface area is 110 Å². The van der Waals surface area contributed by atoms with Crippen LogP contribution < -0.4 is 15.4 Å². The summed E-state index contributed by atoms with van der Waals surface area (Å²) in [5, 5.41) is 5.85. The number of anilines is 1. The van der Waals surface area contributed by atoms with E-state index in [1.807, 2.05) is 12.1 Å². The molecule has 0 spiro atoms. The van der Waals surface area contributed by atoms with Crippen LogP contribution in [0.25, 0.3) is 0 Å². The lowest BCUT2D eigenvalue weighted by Gasteiger charge is -2.08. The molecule has 0 aliphatic heterocycles. The first kappa shape index (κ1) is 14.0. The minimum Gasteiger partial charge on any atom is -0.497 e. The van der Waals surface area contributed by atoms with Gasteiger partial charge in [-0.2, -0.15) is 0 Å². The van der Waals surface area contributed by atoms with E-state index in [-0.39, 0.29) is 5.91 Å². The molecule has 1 rings (SSSR count). The predicted octanol–water partition coefficient (Wildman–Crippen LogP) is 2.40. The van der Waals surface area contributed by atoms with Crippen molar-refractivity contribution >= 4 is 27.5 Å². The Bertz CT molecular complexity index is 383. The van der Waals surface area contributed by atoms with Gasteiger partial charge in [-0.15, -0.1) is 0 Å². The molecule has 2 N–H and O–H groups in total. The average molecular weight is 301 g/mol. The number of hydrogen-bond acceptors (Lipinski definition) is 3. The zero-order valence-electron chi connectivity index (χ0n) is 10.0. The van der Waals surface area contributed by atoms with Gasteiger partial charge in [0.15, 0.2) is 0 Å². The molecular formula is C12H17BrN2O2. The SMILES string of the molecule is CCCNCC(=O)Nc1cc(Br)cc(OC)c1. The first-order valence-electron chi connectivity index (χ1n) is 5.51. The molecule has 94 valence electrons. The molecule has 0 bridgehead atoms. The molecule has 1 amide bonds. The maximum Gasteiger partial charge on any atom is 0.238 e. The fraction of sp³-hybridized carbons (Fsp3) is 0.417. The summed E-state index contributed by atoms with van der Waals surface area (Å²) in [5.41, 5.74) is 0.722. The van der Waals surface area contributed by atoms with Gasteiger partial charge in [-0.3, -0.25) is 4.79 Å². The lowest BCUT2D eigenvalue weighted by atomic mass is 10.3. The molecule has 0 aliphatic carbocycles. The number of halogens is 1. The lowest BCUT2D eigenvalue weighted by molar-refractivity contribution is -0.115. The zero-order valence-corrected chi connectivity index (χ0v) is 11.6. The Morgan fingerprint density at radius 2 is 2.18 bits per heavy atom. The molecule has 17 heavy (non-hydrogen) atoms. The van der Waals surface area contributed by atoms with Crippen LogP contribution in [0.1, 0.15) is 13.3 Å². The highest BCUT2D eigenvalue weighted by Crippen LogP contribution is 2.24. The van der Waals surface area contributed by atoms with E-state index in [2.05, 4.69) is 33.5 Å². The van der Waals surface area contributed by atoms with Crippen molar-refractivity contribution in [3.8, 4) is 5.75 Å². The smallest absolute Gasteiger partial charge is 0.238 e. The third-order valence-electron chi connectivity index (χ3n) is 2.10. The largest absolute Gasteiger partial charge is 0.497 e. The van der Waals surface area contributed by atoms with E-state index >= 15 is 0 Å². The summed E-state index contributed by atoms with van der Waals surface area (Å²) in [4.78, 5) is 11.6. The Kier molecular flexibility index (Phi) is 6.00. The molecule has 0 atom stereocenters. The third-order valence-corrected chi connectivity index (χ3v) is 2.56. The number of carbonyl (C=O) groups is 1. The molecule has 0 radical (unpaired) electrons. The molecule has 0 saturated heterocycles. The zero-order chi connectivity index (χ0) is 12.7. The molecule has 1 aromatic rings. The van der Waals surface area contributed by atoms with Gasteiger partial charge in [-0.1, -0.05) is 22.9 Å². The molecule has 5 heteroatoms. The monoisotopic (exact) mass is 300 g/mol. The van der Waals surface area contributed by atoms with Crippen molar-refractivity contribution in [1.82, 2.24) is 5.32 Å². The molecule has 0 saturated carbocycles. The summed E-state index contributed by atoms with van der Waals surface area (Å²) in [6.45, 7) is 3.22. The van der Waals surface area contributed by atoms with Crippen LogP contribution in [0, 0.1) is 0 Å². The fourth-order valence-electron chi connectivity index (χ4n) is 1.34. The van der Waals surface area contributed by atoms with E-state index in [1.165, 1.54) is 0 Å². The lowest BCUT2D eigenvalue weighted by Crippen LogP contribution is -2.28. The van der Waals surface area contributed by atoms with Gasteiger partial charge in [0.05, 0.1) is 13.7 Å². The minimum atomic E-state index is -0.0568. The second-order valence-corrected chi connectivity index (χ2v) is 4.52. The van der Waals surface area contributed by atoms with Crippen LogP contribution in [0.3, 0.4) is 0 Å². The van der Waals surface area contributed by atoms with Crippen LogP contribution in [-0.4, -0.2) is 26.1 Å². The quantitative estimate of drug-likeness (QED) is 0.793. The second kappa shape index (κ2) is 7.29. The number of benzene rings is 1. The van der Waals surface area contributed by atoms with Crippen molar-refractivity contribution in [2.24, 2.45) is 0 Å². The van der Waals surface area contributed by atoms with E-state index in [0.29, 0.717) is 12.3 Å². The van der Waals surface area contributed by atoms with Gasteiger partial charge in [0, 0.05) is 16.2 Å². The summed E-state index contributed by atoms with van der Waals surface area (Å²) in [6, 6.07) is 5.45. The van der Waals surface area contributed by atoms with Crippen molar-refractivity contribution in [2.75, 3.05) is 25.5 Å². The van der Waals surface area contributed by atoms with Gasteiger partial charge in [0.1, 0.15) is 5.75 Å². The number of methoxy groups -OCH3 is 1. The van der Waals surface area contributed by atoms with E-state index in [9.17, 15) is 4.79 Å². The van der Waals surface area contributed by atoms with Crippen LogP contribution >= 0.6 is 15.9 Å². The van der Waals surface area contributed by atoms with E-state index in [0.717, 1.165) is 23.1 Å². The number of amides is 1. The number of rotatable bonds is 6. The molecule has 0 aromatic heterocycles. The van der Waals surface area contributed by atoms with Crippen molar-refractivity contribution < 1.29 is 9.53 Å². The third kappa shape index (κ3) is 5.19. The number of hydrogen-bond donors (Lipinski definition) is 2. The normalized spacial score (nSPS) is 10.1. The number of carbonyl (C=O) groups excluding carboxylic acids is 1. The van der Waals surface area contributed by atoms with Crippen LogP contribution in [-0.2, 0) is 4.79 Å². The van der Waals surface area contributed by atoms with Crippen LogP contribution in [0.2, 0.25) is 0 Å². The average Bonchev–Trinajstić information content (AvgIpc) is 2.28. The molecule has 0 heterocycles. The van der Waals surface area contributed by atoms with Crippen molar-refractivity contribution in [3.63, 3.8) is 0 Å². The summed E-state index contributed by atoms with van der Waals surface area (Å²) in [6.07, 6.45) is 1.01. The molecule has 0 fully saturated rings. The van der Waals surface area contributed by atoms with Crippen molar-refractivity contribution in [1.29, 1.82) is 0 Å². The van der Waals surface area contributed by atoms with Crippen molar-refractivity contribution in [3.05, 3.63) is 22.7 Å². The Balaban J connectivity index is 2.55. The van der Waals surface area contributed by atoms with E-state index in [1.54, 1.807) is 13.2 Å². The first-order valence-corrected chi connectivity index (χ1v) is 6.30. The highest BCUT2D eigenvalue weighted by Gasteiger charge is 2.04. The molecule has 4 nitrogen and oxygen atoms in total. The number of nitrogens with one attached hydrogen (secondary N) is 2. The summed E-state index contributed by atoms with van der Waals surface area (Å²) >= 11 is 3.36. The summed E-state index contributed by atoms with van der Waals surface area (Å²) in [7, 11) is 1.59. The maximum atomic E-state index is 11.6. The topological polar surface area (TPSA) is 50.4 Å². The summed E-state index contributed by atoms with van der Waals surface area (Å²) in [5.74, 6) is 0.648. The molecule has 0 aliphatic rings. The molecule has 0 unspecified atom stereocenters. The van der Waals surface area contributed by atoms with Gasteiger partial charge in [-0.05, 0) is 25.1 Å². The van der Waals surface area contributed by atoms with Gasteiger partial charge in [0.2, 0.25) is 5.91 Å². The van der Waals surface area contributed by atoms with Crippen LogP contribution in [0.4, 0.5) is 5.69 Å². The van der Waals surface area contributed by atoms with E-state index < -0.39 is 0 Å². The van der Waals surface area contributed by atoms with Gasteiger partial charge < -0.3 is 15.4 Å². The highest BCUT2D eigenvalue weighted by atomic mass is 79.9.